The second-order valence-electron chi connectivity index (χ2n) is 11.9. The Hall–Kier alpha value is -3.90. The summed E-state index contributed by atoms with van der Waals surface area (Å²) in [6.07, 6.45) is 9.68. The van der Waals surface area contributed by atoms with E-state index in [4.69, 9.17) is 0 Å². The van der Waals surface area contributed by atoms with Crippen LogP contribution in [-0.4, -0.2) is 66.9 Å². The molecule has 2 atom stereocenters. The second kappa shape index (κ2) is 14.9. The minimum absolute atomic E-state index is 0.129. The number of carbonyl (C=O) groups excluding carboxylic acids is 2. The van der Waals surface area contributed by atoms with E-state index >= 15 is 0 Å². The zero-order valence-electron chi connectivity index (χ0n) is 28.2. The van der Waals surface area contributed by atoms with E-state index < -0.39 is 22.4 Å². The molecule has 2 aromatic rings. The Balaban J connectivity index is 1.88. The van der Waals surface area contributed by atoms with Crippen LogP contribution in [-0.2, 0) is 38.4 Å². The average molecular weight is 681 g/mol. The first-order valence-corrected chi connectivity index (χ1v) is 18.2. The quantitative estimate of drug-likeness (QED) is 0.149. The van der Waals surface area contributed by atoms with Gasteiger partial charge in [0.1, 0.15) is 10.5 Å². The molecule has 0 spiro atoms. The molecule has 4 heterocycles. The molecule has 0 bridgehead atoms. The van der Waals surface area contributed by atoms with Gasteiger partial charge in [-0.3, -0.25) is 19.2 Å². The average Bonchev–Trinajstić information content (AvgIpc) is 3.67. The maximum absolute atomic E-state index is 12.5. The third-order valence-electron chi connectivity index (χ3n) is 9.28. The fourth-order valence-corrected chi connectivity index (χ4v) is 7.45. The molecule has 6 N–H and O–H groups in total. The van der Waals surface area contributed by atoms with E-state index in [0.29, 0.717) is 30.4 Å². The van der Waals surface area contributed by atoms with E-state index in [-0.39, 0.29) is 24.7 Å². The van der Waals surface area contributed by atoms with E-state index in [1.807, 2.05) is 53.7 Å². The van der Waals surface area contributed by atoms with Crippen LogP contribution in [0.5, 0.6) is 0 Å². The van der Waals surface area contributed by atoms with Crippen LogP contribution in [0.25, 0.3) is 12.2 Å². The molecule has 0 fully saturated rings. The summed E-state index contributed by atoms with van der Waals surface area (Å²) in [6, 6.07) is 0. The second-order valence-corrected chi connectivity index (χ2v) is 14.0. The molecule has 2 aromatic heterocycles. The summed E-state index contributed by atoms with van der Waals surface area (Å²) in [6.45, 7) is 11.5. The topological polar surface area (TPSA) is 164 Å². The Kier molecular flexibility index (Phi) is 11.4. The van der Waals surface area contributed by atoms with Crippen molar-refractivity contribution in [3.63, 3.8) is 0 Å². The number of thioether (sulfide) groups is 2. The minimum Gasteiger partial charge on any atom is -0.480 e. The molecule has 2 amide bonds. The summed E-state index contributed by atoms with van der Waals surface area (Å²) in [5.74, 6) is -2.06. The number of amides is 2. The van der Waals surface area contributed by atoms with Crippen LogP contribution < -0.4 is 10.6 Å². The molecule has 0 aliphatic carbocycles. The monoisotopic (exact) mass is 680 g/mol. The molecule has 0 saturated carbocycles. The van der Waals surface area contributed by atoms with Crippen LogP contribution >= 0.6 is 23.5 Å². The van der Waals surface area contributed by atoms with Crippen molar-refractivity contribution in [3.05, 3.63) is 78.7 Å². The van der Waals surface area contributed by atoms with E-state index in [0.717, 1.165) is 67.6 Å². The number of rotatable bonds is 14. The maximum Gasteiger partial charge on any atom is 0.316 e. The number of hydrogen-bond acceptors (Lipinski definition) is 6. The van der Waals surface area contributed by atoms with Gasteiger partial charge < -0.3 is 30.8 Å². The van der Waals surface area contributed by atoms with Gasteiger partial charge in [-0.1, -0.05) is 13.8 Å². The molecule has 2 aliphatic rings. The number of H-pyrrole nitrogens is 2. The van der Waals surface area contributed by atoms with Crippen LogP contribution in [0.1, 0.15) is 85.6 Å². The summed E-state index contributed by atoms with van der Waals surface area (Å²) in [5.41, 5.74) is 11.4. The van der Waals surface area contributed by atoms with E-state index in [9.17, 15) is 29.4 Å². The lowest BCUT2D eigenvalue weighted by molar-refractivity contribution is -0.137. The molecule has 0 aromatic carbocycles. The number of carbonyl (C=O) groups is 4. The number of carboxylic acids is 2. The smallest absolute Gasteiger partial charge is 0.316 e. The molecule has 2 unspecified atom stereocenters. The van der Waals surface area contributed by atoms with Gasteiger partial charge in [0.2, 0.25) is 0 Å². The molecule has 0 saturated heterocycles. The maximum atomic E-state index is 12.5. The van der Waals surface area contributed by atoms with E-state index in [2.05, 4.69) is 20.6 Å². The highest BCUT2D eigenvalue weighted by Gasteiger charge is 2.28. The lowest BCUT2D eigenvalue weighted by atomic mass is 9.97. The molecule has 4 rings (SSSR count). The molecule has 10 nitrogen and oxygen atoms in total. The fourth-order valence-electron chi connectivity index (χ4n) is 6.38. The standard InChI is InChI=1S/C35H44N4O6S2/c1-9-20-18(5)32(40)38-26(20)13-24-16(3)22(11-30(46-7)34(42)43)28(36-24)15-29-23(12-31(47-8)35(44)45)17(4)25(37-29)14-27-21(10-2)19(6)33(41)39-27/h13-14,30-31,36-37H,9-12,15H2,1-8H3,(H,38,40)(H,39,41)(H,42,43)(H,44,45)/b26-13+,27-14+. The molecule has 12 heteroatoms. The Morgan fingerprint density at radius 1 is 0.702 bits per heavy atom. The van der Waals surface area contributed by atoms with Gasteiger partial charge in [-0.25, -0.2) is 0 Å². The number of carboxylic acid groups (broad SMARTS) is 2. The van der Waals surface area contributed by atoms with Crippen molar-refractivity contribution < 1.29 is 29.4 Å². The van der Waals surface area contributed by atoms with Crippen molar-refractivity contribution in [2.24, 2.45) is 0 Å². The van der Waals surface area contributed by atoms with Gasteiger partial charge >= 0.3 is 11.9 Å². The summed E-state index contributed by atoms with van der Waals surface area (Å²) < 4.78 is 0. The first-order valence-electron chi connectivity index (χ1n) is 15.6. The van der Waals surface area contributed by atoms with E-state index in [1.165, 1.54) is 23.5 Å². The van der Waals surface area contributed by atoms with Crippen molar-refractivity contribution in [3.8, 4) is 0 Å². The fraction of sp³-hybridized carbons (Fsp3) is 0.429. The van der Waals surface area contributed by atoms with E-state index in [1.54, 1.807) is 12.5 Å². The van der Waals surface area contributed by atoms with Crippen molar-refractivity contribution in [2.75, 3.05) is 12.5 Å². The largest absolute Gasteiger partial charge is 0.480 e. The highest BCUT2D eigenvalue weighted by molar-refractivity contribution is 8.00. The van der Waals surface area contributed by atoms with Crippen molar-refractivity contribution >= 4 is 59.4 Å². The summed E-state index contributed by atoms with van der Waals surface area (Å²) >= 11 is 2.54. The number of aromatic amines is 2. The van der Waals surface area contributed by atoms with Gasteiger partial charge in [-0.2, -0.15) is 0 Å². The summed E-state index contributed by atoms with van der Waals surface area (Å²) in [7, 11) is 0. The Labute approximate surface area is 284 Å². The lowest BCUT2D eigenvalue weighted by Gasteiger charge is -2.13. The molecule has 2 aliphatic heterocycles. The third kappa shape index (κ3) is 7.33. The predicted molar refractivity (Wildman–Crippen MR) is 189 cm³/mol. The summed E-state index contributed by atoms with van der Waals surface area (Å²) in [4.78, 5) is 56.3. The van der Waals surface area contributed by atoms with Crippen LogP contribution in [0.3, 0.4) is 0 Å². The van der Waals surface area contributed by atoms with Gasteiger partial charge in [-0.15, -0.1) is 23.5 Å². The van der Waals surface area contributed by atoms with Crippen LogP contribution in [0.4, 0.5) is 0 Å². The zero-order chi connectivity index (χ0) is 34.7. The Morgan fingerprint density at radius 2 is 1.06 bits per heavy atom. The van der Waals surface area contributed by atoms with Crippen molar-refractivity contribution in [2.45, 2.75) is 84.1 Å². The van der Waals surface area contributed by atoms with Gasteiger partial charge in [0, 0.05) is 51.7 Å². The number of nitrogens with one attached hydrogen (secondary N) is 4. The SMILES string of the molecule is CCC1=C(C)C(=O)N/C1=C/c1[nH]c(Cc2[nH]c(/C=C3/NC(=O)C(C)=C3CC)c(C)c2CC(SC)C(=O)O)c(CC(SC)C(=O)O)c1C. The van der Waals surface area contributed by atoms with Crippen molar-refractivity contribution in [1.82, 2.24) is 20.6 Å². The number of hydrogen-bond donors (Lipinski definition) is 6. The Bertz CT molecular complexity index is 1630. The van der Waals surface area contributed by atoms with Gasteiger partial charge in [0.05, 0.1) is 0 Å². The number of aromatic nitrogens is 2. The molecule has 252 valence electrons. The lowest BCUT2D eigenvalue weighted by Crippen LogP contribution is -2.20. The zero-order valence-corrected chi connectivity index (χ0v) is 29.8. The predicted octanol–water partition coefficient (Wildman–Crippen LogP) is 5.66. The third-order valence-corrected chi connectivity index (χ3v) is 11.2. The number of aliphatic carboxylic acids is 2. The first kappa shape index (κ1) is 35.9. The summed E-state index contributed by atoms with van der Waals surface area (Å²) in [5, 5.41) is 24.5. The first-order chi connectivity index (χ1) is 22.3. The molecule has 0 radical (unpaired) electrons. The van der Waals surface area contributed by atoms with Gasteiger partial charge in [0.25, 0.3) is 11.8 Å². The van der Waals surface area contributed by atoms with Crippen LogP contribution in [0, 0.1) is 13.8 Å². The molecule has 47 heavy (non-hydrogen) atoms. The van der Waals surface area contributed by atoms with Gasteiger partial charge in [-0.05, 0) is 111 Å². The van der Waals surface area contributed by atoms with Gasteiger partial charge in [0.15, 0.2) is 0 Å². The normalized spacial score (nSPS) is 18.0. The van der Waals surface area contributed by atoms with Crippen LogP contribution in [0.2, 0.25) is 0 Å². The van der Waals surface area contributed by atoms with Crippen molar-refractivity contribution in [1.29, 1.82) is 0 Å². The highest BCUT2D eigenvalue weighted by atomic mass is 32.2. The molecular weight excluding hydrogens is 637 g/mol. The molecular formula is C35H44N4O6S2. The van der Waals surface area contributed by atoms with Crippen LogP contribution in [0.15, 0.2) is 33.7 Å². The minimum atomic E-state index is -0.901. The number of allylic oxidation sites excluding steroid dienone is 2. The Morgan fingerprint density at radius 3 is 1.36 bits per heavy atom. The highest BCUT2D eigenvalue weighted by Crippen LogP contribution is 2.33.